The summed E-state index contributed by atoms with van der Waals surface area (Å²) in [6, 6.07) is 19.5. The first-order valence-electron chi connectivity index (χ1n) is 10.4. The second-order valence-corrected chi connectivity index (χ2v) is 7.85. The number of anilines is 2. The van der Waals surface area contributed by atoms with Crippen molar-refractivity contribution in [1.29, 1.82) is 0 Å². The average Bonchev–Trinajstić information content (AvgIpc) is 3.27. The highest BCUT2D eigenvalue weighted by molar-refractivity contribution is 6.16. The number of β-lactam (4-membered cyclic amide) rings is 1. The number of hydrogen-bond acceptors (Lipinski definition) is 3. The van der Waals surface area contributed by atoms with Crippen LogP contribution in [0.4, 0.5) is 24.5 Å². The van der Waals surface area contributed by atoms with Gasteiger partial charge in [0.15, 0.2) is 5.54 Å². The summed E-state index contributed by atoms with van der Waals surface area (Å²) in [4.78, 5) is 27.5. The van der Waals surface area contributed by atoms with E-state index in [1.807, 2.05) is 0 Å². The van der Waals surface area contributed by atoms with Crippen LogP contribution in [-0.2, 0) is 15.1 Å². The van der Waals surface area contributed by atoms with Crippen LogP contribution in [-0.4, -0.2) is 11.8 Å². The van der Waals surface area contributed by atoms with Crippen molar-refractivity contribution in [3.63, 3.8) is 0 Å². The van der Waals surface area contributed by atoms with Gasteiger partial charge in [-0.3, -0.25) is 14.5 Å². The van der Waals surface area contributed by atoms with Gasteiger partial charge in [-0.2, -0.15) is 0 Å². The molecule has 3 aromatic carbocycles. The number of amides is 2. The lowest BCUT2D eigenvalue weighted by Gasteiger charge is -2.48. The smallest absolute Gasteiger partial charge is 0.259 e. The fourth-order valence-corrected chi connectivity index (χ4v) is 4.14. The van der Waals surface area contributed by atoms with Gasteiger partial charge < -0.3 is 9.73 Å². The van der Waals surface area contributed by atoms with Gasteiger partial charge in [-0.05, 0) is 60.7 Å². The van der Waals surface area contributed by atoms with Crippen LogP contribution in [0.5, 0.6) is 0 Å². The highest BCUT2D eigenvalue weighted by Crippen LogP contribution is 2.47. The molecular formula is C26H17F3N2O3. The fraction of sp³-hybridized carbons (Fsp3) is 0.0769. The van der Waals surface area contributed by atoms with Crippen molar-refractivity contribution in [2.75, 3.05) is 10.2 Å². The van der Waals surface area contributed by atoms with Crippen LogP contribution in [0.15, 0.2) is 89.3 Å². The van der Waals surface area contributed by atoms with Crippen molar-refractivity contribution in [2.45, 2.75) is 12.0 Å². The first kappa shape index (κ1) is 21.5. The molecule has 1 fully saturated rings. The maximum Gasteiger partial charge on any atom is 0.259 e. The summed E-state index contributed by atoms with van der Waals surface area (Å²) in [5, 5.41) is 2.62. The van der Waals surface area contributed by atoms with Crippen LogP contribution in [0, 0.1) is 17.5 Å². The number of furan rings is 1. The fourth-order valence-electron chi connectivity index (χ4n) is 4.14. The van der Waals surface area contributed by atoms with E-state index in [0.717, 1.165) is 17.0 Å². The quantitative estimate of drug-likeness (QED) is 0.391. The first-order chi connectivity index (χ1) is 16.4. The number of benzene rings is 3. The average molecular weight is 462 g/mol. The Morgan fingerprint density at radius 2 is 1.62 bits per heavy atom. The highest BCUT2D eigenvalue weighted by Gasteiger charge is 2.61. The van der Waals surface area contributed by atoms with Crippen molar-refractivity contribution in [1.82, 2.24) is 0 Å². The Kier molecular flexibility index (Phi) is 5.20. The molecule has 1 aromatic heterocycles. The SMILES string of the molecule is O=C1CC(C(=O)Nc2cccc(F)c2)(c2ccc(-c3ccccc3F)o2)N1c1cccc(F)c1. The van der Waals surface area contributed by atoms with Crippen molar-refractivity contribution in [3.05, 3.63) is 108 Å². The minimum atomic E-state index is -1.69. The van der Waals surface area contributed by atoms with Crippen LogP contribution >= 0.6 is 0 Å². The summed E-state index contributed by atoms with van der Waals surface area (Å²) in [5.41, 5.74) is -1.20. The zero-order valence-corrected chi connectivity index (χ0v) is 17.6. The number of carbonyl (C=O) groups excluding carboxylic acids is 2. The molecule has 1 aliphatic heterocycles. The molecule has 34 heavy (non-hydrogen) atoms. The molecule has 1 saturated heterocycles. The van der Waals surface area contributed by atoms with Gasteiger partial charge in [0.2, 0.25) is 5.91 Å². The zero-order chi connectivity index (χ0) is 23.9. The summed E-state index contributed by atoms with van der Waals surface area (Å²) < 4.78 is 47.9. The number of nitrogens with zero attached hydrogens (tertiary/aromatic N) is 1. The molecule has 0 aliphatic carbocycles. The minimum Gasteiger partial charge on any atom is -0.458 e. The normalized spacial score (nSPS) is 17.4. The molecule has 0 spiro atoms. The number of rotatable bonds is 5. The predicted molar refractivity (Wildman–Crippen MR) is 119 cm³/mol. The molecule has 5 rings (SSSR count). The maximum absolute atomic E-state index is 14.3. The monoisotopic (exact) mass is 462 g/mol. The van der Waals surface area contributed by atoms with Gasteiger partial charge in [0.05, 0.1) is 12.0 Å². The van der Waals surface area contributed by atoms with Crippen molar-refractivity contribution >= 4 is 23.2 Å². The van der Waals surface area contributed by atoms with Gasteiger partial charge in [0.1, 0.15) is 29.0 Å². The maximum atomic E-state index is 14.3. The number of carbonyl (C=O) groups is 2. The summed E-state index contributed by atoms with van der Waals surface area (Å²) >= 11 is 0. The van der Waals surface area contributed by atoms with E-state index < -0.39 is 34.8 Å². The number of hydrogen-bond donors (Lipinski definition) is 1. The lowest BCUT2D eigenvalue weighted by atomic mass is 9.79. The minimum absolute atomic E-state index is 0.0588. The van der Waals surface area contributed by atoms with Gasteiger partial charge in [-0.15, -0.1) is 0 Å². The molecule has 170 valence electrons. The van der Waals surface area contributed by atoms with E-state index in [0.29, 0.717) is 0 Å². The molecule has 0 saturated carbocycles. The zero-order valence-electron chi connectivity index (χ0n) is 17.6. The molecule has 5 nitrogen and oxygen atoms in total. The van der Waals surface area contributed by atoms with E-state index in [1.54, 1.807) is 6.07 Å². The van der Waals surface area contributed by atoms with Crippen LogP contribution < -0.4 is 10.2 Å². The van der Waals surface area contributed by atoms with Crippen molar-refractivity contribution in [3.8, 4) is 11.3 Å². The molecule has 8 heteroatoms. The molecule has 0 radical (unpaired) electrons. The Hall–Kier alpha value is -4.33. The van der Waals surface area contributed by atoms with Gasteiger partial charge >= 0.3 is 0 Å². The Morgan fingerprint density at radius 1 is 0.882 bits per heavy atom. The van der Waals surface area contributed by atoms with E-state index in [9.17, 15) is 22.8 Å². The molecule has 1 N–H and O–H groups in total. The molecule has 1 atom stereocenters. The summed E-state index contributed by atoms with van der Waals surface area (Å²) in [6.45, 7) is 0. The Labute approximate surface area is 192 Å². The van der Waals surface area contributed by atoms with Crippen LogP contribution in [0.2, 0.25) is 0 Å². The van der Waals surface area contributed by atoms with Gasteiger partial charge in [-0.1, -0.05) is 24.3 Å². The molecule has 1 aliphatic rings. The Bertz CT molecular complexity index is 1420. The highest BCUT2D eigenvalue weighted by atomic mass is 19.1. The van der Waals surface area contributed by atoms with E-state index in [-0.39, 0.29) is 34.9 Å². The summed E-state index contributed by atoms with van der Waals surface area (Å²) in [5.74, 6) is -2.58. The van der Waals surface area contributed by atoms with Gasteiger partial charge in [-0.25, -0.2) is 13.2 Å². The third-order valence-corrected chi connectivity index (χ3v) is 5.72. The summed E-state index contributed by atoms with van der Waals surface area (Å²) in [7, 11) is 0. The third-order valence-electron chi connectivity index (χ3n) is 5.72. The predicted octanol–water partition coefficient (Wildman–Crippen LogP) is 5.63. The second-order valence-electron chi connectivity index (χ2n) is 7.85. The van der Waals surface area contributed by atoms with Gasteiger partial charge in [0.25, 0.3) is 5.91 Å². The lowest BCUT2D eigenvalue weighted by Crippen LogP contribution is -2.67. The molecular weight excluding hydrogens is 445 g/mol. The molecule has 1 unspecified atom stereocenters. The first-order valence-corrected chi connectivity index (χ1v) is 10.4. The van der Waals surface area contributed by atoms with E-state index >= 15 is 0 Å². The molecule has 4 aromatic rings. The number of halogens is 3. The van der Waals surface area contributed by atoms with Crippen LogP contribution in [0.25, 0.3) is 11.3 Å². The van der Waals surface area contributed by atoms with E-state index in [2.05, 4.69) is 5.32 Å². The van der Waals surface area contributed by atoms with Gasteiger partial charge in [0, 0.05) is 11.4 Å². The largest absolute Gasteiger partial charge is 0.458 e. The van der Waals surface area contributed by atoms with Crippen LogP contribution in [0.3, 0.4) is 0 Å². The molecule has 2 heterocycles. The van der Waals surface area contributed by atoms with Crippen molar-refractivity contribution in [2.24, 2.45) is 0 Å². The Morgan fingerprint density at radius 3 is 2.32 bits per heavy atom. The summed E-state index contributed by atoms with van der Waals surface area (Å²) in [6.07, 6.45) is -0.283. The topological polar surface area (TPSA) is 62.6 Å². The third kappa shape index (κ3) is 3.53. The standard InChI is InChI=1S/C26H17F3N2O3/c27-16-5-3-7-18(13-16)30-25(33)26(15-24(32)31(26)19-8-4-6-17(28)14-19)23-12-11-22(34-23)20-9-1-2-10-21(20)29/h1-14H,15H2,(H,30,33). The van der Waals surface area contributed by atoms with Crippen molar-refractivity contribution < 1.29 is 27.2 Å². The van der Waals surface area contributed by atoms with E-state index in [4.69, 9.17) is 4.42 Å². The number of nitrogens with one attached hydrogen (secondary N) is 1. The molecule has 0 bridgehead atoms. The molecule has 2 amide bonds. The van der Waals surface area contributed by atoms with Crippen LogP contribution in [0.1, 0.15) is 12.2 Å². The lowest BCUT2D eigenvalue weighted by molar-refractivity contribution is -0.138. The Balaban J connectivity index is 1.61. The van der Waals surface area contributed by atoms with E-state index in [1.165, 1.54) is 66.7 Å². The second kappa shape index (κ2) is 8.22.